The van der Waals surface area contributed by atoms with Gasteiger partial charge < -0.3 is 13.9 Å². The zero-order chi connectivity index (χ0) is 20.4. The molecule has 0 spiro atoms. The van der Waals surface area contributed by atoms with E-state index < -0.39 is 0 Å². The molecule has 0 aliphatic carbocycles. The number of benzene rings is 3. The lowest BCUT2D eigenvalue weighted by molar-refractivity contribution is 0.0541. The first-order valence-corrected chi connectivity index (χ1v) is 10.3. The second-order valence-electron chi connectivity index (χ2n) is 7.74. The molecule has 4 aromatic rings. The lowest BCUT2D eigenvalue weighted by Gasteiger charge is -2.34. The number of hydrogen-bond acceptors (Lipinski definition) is 5. The summed E-state index contributed by atoms with van der Waals surface area (Å²) in [6.07, 6.45) is 2.24. The molecule has 0 N–H and O–H groups in total. The number of fused-ring (bicyclic) bond motifs is 1. The molecule has 1 aliphatic rings. The Balaban J connectivity index is 1.49. The van der Waals surface area contributed by atoms with Gasteiger partial charge in [0.2, 0.25) is 11.8 Å². The van der Waals surface area contributed by atoms with Crippen molar-refractivity contribution >= 4 is 10.8 Å². The molecular formula is C25H24N2O3. The van der Waals surface area contributed by atoms with Crippen LogP contribution in [0.25, 0.3) is 10.8 Å². The Hall–Kier alpha value is -3.18. The monoisotopic (exact) mass is 400 g/mol. The number of ether oxygens (including phenoxy) is 2. The van der Waals surface area contributed by atoms with Crippen molar-refractivity contribution in [3.8, 4) is 5.75 Å². The van der Waals surface area contributed by atoms with E-state index >= 15 is 0 Å². The highest BCUT2D eigenvalue weighted by molar-refractivity contribution is 5.85. The summed E-state index contributed by atoms with van der Waals surface area (Å²) in [6, 6.07) is 22.9. The van der Waals surface area contributed by atoms with Crippen LogP contribution in [0.2, 0.25) is 0 Å². The third-order valence-corrected chi connectivity index (χ3v) is 6.09. The average Bonchev–Trinajstić information content (AvgIpc) is 3.29. The molecule has 3 aromatic carbocycles. The lowest BCUT2D eigenvalue weighted by atomic mass is 9.74. The van der Waals surface area contributed by atoms with Gasteiger partial charge >= 0.3 is 0 Å². The largest absolute Gasteiger partial charge is 0.497 e. The van der Waals surface area contributed by atoms with E-state index in [0.29, 0.717) is 31.4 Å². The Morgan fingerprint density at radius 1 is 0.900 bits per heavy atom. The maximum atomic E-state index is 6.28. The SMILES string of the molecule is COc1ccc(C2(c3nnc(Cc4cccc5ccccc45)o3)CCOCC2)cc1. The Labute approximate surface area is 175 Å². The van der Waals surface area contributed by atoms with Gasteiger partial charge in [0.15, 0.2) is 0 Å². The van der Waals surface area contributed by atoms with E-state index in [1.807, 2.05) is 12.1 Å². The molecule has 5 heteroatoms. The van der Waals surface area contributed by atoms with Crippen molar-refractivity contribution in [1.29, 1.82) is 0 Å². The van der Waals surface area contributed by atoms with Gasteiger partial charge in [0, 0.05) is 13.2 Å². The summed E-state index contributed by atoms with van der Waals surface area (Å²) in [6.45, 7) is 1.35. The van der Waals surface area contributed by atoms with Crippen LogP contribution in [0, 0.1) is 0 Å². The Bertz CT molecular complexity index is 1140. The Kier molecular flexibility index (Phi) is 4.97. The van der Waals surface area contributed by atoms with Crippen LogP contribution >= 0.6 is 0 Å². The normalized spacial score (nSPS) is 15.9. The zero-order valence-corrected chi connectivity index (χ0v) is 17.0. The smallest absolute Gasteiger partial charge is 0.227 e. The number of aromatic nitrogens is 2. The van der Waals surface area contributed by atoms with Crippen molar-refractivity contribution in [2.75, 3.05) is 20.3 Å². The summed E-state index contributed by atoms with van der Waals surface area (Å²) in [5.41, 5.74) is 2.02. The van der Waals surface area contributed by atoms with Gasteiger partial charge in [-0.3, -0.25) is 0 Å². The van der Waals surface area contributed by atoms with E-state index in [1.54, 1.807) is 7.11 Å². The third kappa shape index (κ3) is 3.35. The third-order valence-electron chi connectivity index (χ3n) is 6.09. The summed E-state index contributed by atoms with van der Waals surface area (Å²) in [7, 11) is 1.68. The molecule has 1 aliphatic heterocycles. The molecule has 1 saturated heterocycles. The molecule has 0 bridgehead atoms. The first kappa shape index (κ1) is 18.8. The van der Waals surface area contributed by atoms with E-state index in [4.69, 9.17) is 13.9 Å². The highest BCUT2D eigenvalue weighted by Gasteiger charge is 2.41. The zero-order valence-electron chi connectivity index (χ0n) is 17.0. The fourth-order valence-corrected chi connectivity index (χ4v) is 4.38. The van der Waals surface area contributed by atoms with Crippen LogP contribution in [-0.2, 0) is 16.6 Å². The van der Waals surface area contributed by atoms with Crippen molar-refractivity contribution in [3.05, 3.63) is 89.6 Å². The standard InChI is InChI=1S/C25H24N2O3/c1-28-21-11-9-20(10-12-21)25(13-15-29-16-14-25)24-27-26-23(30-24)17-19-7-4-6-18-5-2-3-8-22(18)19/h2-12H,13-17H2,1H3. The Morgan fingerprint density at radius 3 is 2.47 bits per heavy atom. The summed E-state index contributed by atoms with van der Waals surface area (Å²) < 4.78 is 17.3. The molecule has 0 amide bonds. The van der Waals surface area contributed by atoms with Crippen LogP contribution in [0.1, 0.15) is 35.7 Å². The van der Waals surface area contributed by atoms with Gasteiger partial charge in [-0.05, 0) is 46.9 Å². The molecule has 0 atom stereocenters. The van der Waals surface area contributed by atoms with Crippen molar-refractivity contribution in [2.45, 2.75) is 24.7 Å². The fraction of sp³-hybridized carbons (Fsp3) is 0.280. The highest BCUT2D eigenvalue weighted by Crippen LogP contribution is 2.41. The number of methoxy groups -OCH3 is 1. The van der Waals surface area contributed by atoms with Gasteiger partial charge in [0.05, 0.1) is 18.9 Å². The molecule has 0 unspecified atom stereocenters. The second kappa shape index (κ2) is 7.92. The number of hydrogen-bond donors (Lipinski definition) is 0. The van der Waals surface area contributed by atoms with Crippen LogP contribution in [0.4, 0.5) is 0 Å². The molecule has 5 rings (SSSR count). The summed E-state index contributed by atoms with van der Waals surface area (Å²) in [5.74, 6) is 2.15. The van der Waals surface area contributed by atoms with Crippen molar-refractivity contribution in [2.24, 2.45) is 0 Å². The van der Waals surface area contributed by atoms with E-state index in [1.165, 1.54) is 16.3 Å². The van der Waals surface area contributed by atoms with Gasteiger partial charge in [-0.25, -0.2) is 0 Å². The van der Waals surface area contributed by atoms with Gasteiger partial charge in [-0.15, -0.1) is 10.2 Å². The molecule has 2 heterocycles. The van der Waals surface area contributed by atoms with E-state index in [0.717, 1.165) is 24.2 Å². The number of nitrogens with zero attached hydrogens (tertiary/aromatic N) is 2. The predicted molar refractivity (Wildman–Crippen MR) is 115 cm³/mol. The number of rotatable bonds is 5. The topological polar surface area (TPSA) is 57.4 Å². The maximum Gasteiger partial charge on any atom is 0.227 e. The average molecular weight is 400 g/mol. The second-order valence-corrected chi connectivity index (χ2v) is 7.74. The quantitative estimate of drug-likeness (QED) is 0.476. The molecule has 30 heavy (non-hydrogen) atoms. The fourth-order valence-electron chi connectivity index (χ4n) is 4.38. The molecule has 152 valence electrons. The Morgan fingerprint density at radius 2 is 1.67 bits per heavy atom. The minimum absolute atomic E-state index is 0.325. The van der Waals surface area contributed by atoms with Gasteiger partial charge in [0.1, 0.15) is 5.75 Å². The molecule has 5 nitrogen and oxygen atoms in total. The van der Waals surface area contributed by atoms with Crippen LogP contribution in [0.3, 0.4) is 0 Å². The minimum Gasteiger partial charge on any atom is -0.497 e. The summed E-state index contributed by atoms with van der Waals surface area (Å²) in [5, 5.41) is 11.4. The molecule has 0 radical (unpaired) electrons. The van der Waals surface area contributed by atoms with E-state index in [9.17, 15) is 0 Å². The summed E-state index contributed by atoms with van der Waals surface area (Å²) >= 11 is 0. The van der Waals surface area contributed by atoms with Crippen molar-refractivity contribution in [1.82, 2.24) is 10.2 Å². The summed E-state index contributed by atoms with van der Waals surface area (Å²) in [4.78, 5) is 0. The van der Waals surface area contributed by atoms with E-state index in [2.05, 4.69) is 64.8 Å². The van der Waals surface area contributed by atoms with Crippen LogP contribution in [0.5, 0.6) is 5.75 Å². The lowest BCUT2D eigenvalue weighted by Crippen LogP contribution is -2.35. The molecule has 0 saturated carbocycles. The first-order chi connectivity index (χ1) is 14.8. The van der Waals surface area contributed by atoms with Crippen LogP contribution in [-0.4, -0.2) is 30.5 Å². The molecular weight excluding hydrogens is 376 g/mol. The van der Waals surface area contributed by atoms with Crippen LogP contribution in [0.15, 0.2) is 71.1 Å². The van der Waals surface area contributed by atoms with Crippen molar-refractivity contribution in [3.63, 3.8) is 0 Å². The maximum absolute atomic E-state index is 6.28. The first-order valence-electron chi connectivity index (χ1n) is 10.3. The molecule has 1 aromatic heterocycles. The van der Waals surface area contributed by atoms with Crippen molar-refractivity contribution < 1.29 is 13.9 Å². The minimum atomic E-state index is -0.325. The van der Waals surface area contributed by atoms with E-state index in [-0.39, 0.29) is 5.41 Å². The highest BCUT2D eigenvalue weighted by atomic mass is 16.5. The predicted octanol–water partition coefficient (Wildman–Crippen LogP) is 4.92. The van der Waals surface area contributed by atoms with Gasteiger partial charge in [0.25, 0.3) is 0 Å². The molecule has 1 fully saturated rings. The van der Waals surface area contributed by atoms with Crippen LogP contribution < -0.4 is 4.74 Å². The van der Waals surface area contributed by atoms with Gasteiger partial charge in [-0.2, -0.15) is 0 Å². The van der Waals surface area contributed by atoms with Gasteiger partial charge in [-0.1, -0.05) is 54.6 Å².